The van der Waals surface area contributed by atoms with Crippen molar-refractivity contribution >= 4 is 0 Å². The third kappa shape index (κ3) is 2.09. The van der Waals surface area contributed by atoms with Crippen LogP contribution in [0.25, 0.3) is 0 Å². The summed E-state index contributed by atoms with van der Waals surface area (Å²) < 4.78 is 12.9. The molecule has 0 spiro atoms. The minimum Gasteiger partial charge on any atom is -0.207 e. The van der Waals surface area contributed by atoms with E-state index in [9.17, 15) is 4.39 Å². The van der Waals surface area contributed by atoms with Crippen LogP contribution in [0.1, 0.15) is 43.6 Å². The summed E-state index contributed by atoms with van der Waals surface area (Å²) in [6.07, 6.45) is 6.45. The van der Waals surface area contributed by atoms with Gasteiger partial charge in [-0.15, -0.1) is 0 Å². The van der Waals surface area contributed by atoms with Crippen LogP contribution in [0.2, 0.25) is 0 Å². The molecule has 1 heteroatoms. The first kappa shape index (κ1) is 8.74. The monoisotopic (exact) mass is 178 g/mol. The number of hydrogen-bond acceptors (Lipinski definition) is 0. The van der Waals surface area contributed by atoms with Gasteiger partial charge < -0.3 is 0 Å². The first-order chi connectivity index (χ1) is 6.36. The maximum Gasteiger partial charge on any atom is 0.123 e. The SMILES string of the molecule is Fc1cccc(C2CCCCC2)c1. The van der Waals surface area contributed by atoms with E-state index in [4.69, 9.17) is 0 Å². The van der Waals surface area contributed by atoms with Crippen molar-refractivity contribution in [2.75, 3.05) is 0 Å². The molecule has 1 aromatic rings. The van der Waals surface area contributed by atoms with Crippen molar-refractivity contribution in [2.45, 2.75) is 38.0 Å². The fourth-order valence-corrected chi connectivity index (χ4v) is 2.20. The lowest BCUT2D eigenvalue weighted by Gasteiger charge is -2.21. The second-order valence-electron chi connectivity index (χ2n) is 3.89. The van der Waals surface area contributed by atoms with Crippen LogP contribution >= 0.6 is 0 Å². The van der Waals surface area contributed by atoms with Crippen molar-refractivity contribution in [1.82, 2.24) is 0 Å². The zero-order chi connectivity index (χ0) is 9.10. The van der Waals surface area contributed by atoms with Gasteiger partial charge in [-0.05, 0) is 36.5 Å². The molecule has 1 aromatic carbocycles. The van der Waals surface area contributed by atoms with Crippen molar-refractivity contribution in [3.05, 3.63) is 35.6 Å². The Morgan fingerprint density at radius 1 is 1.08 bits per heavy atom. The maximum absolute atomic E-state index is 12.9. The minimum atomic E-state index is -0.0944. The topological polar surface area (TPSA) is 0 Å². The van der Waals surface area contributed by atoms with Crippen LogP contribution in [0, 0.1) is 5.82 Å². The van der Waals surface area contributed by atoms with E-state index in [0.29, 0.717) is 5.92 Å². The van der Waals surface area contributed by atoms with Crippen LogP contribution in [0.15, 0.2) is 24.3 Å². The predicted octanol–water partition coefficient (Wildman–Crippen LogP) is 3.87. The summed E-state index contributed by atoms with van der Waals surface area (Å²) in [7, 11) is 0. The average molecular weight is 178 g/mol. The summed E-state index contributed by atoms with van der Waals surface area (Å²) in [5.74, 6) is 0.521. The molecule has 0 unspecified atom stereocenters. The molecule has 0 nitrogen and oxygen atoms in total. The largest absolute Gasteiger partial charge is 0.207 e. The van der Waals surface area contributed by atoms with Crippen LogP contribution in [0.5, 0.6) is 0 Å². The van der Waals surface area contributed by atoms with Crippen LogP contribution in [0.4, 0.5) is 4.39 Å². The maximum atomic E-state index is 12.9. The Morgan fingerprint density at radius 3 is 2.54 bits per heavy atom. The molecular formula is C12H15F. The minimum absolute atomic E-state index is 0.0944. The van der Waals surface area contributed by atoms with Gasteiger partial charge in [-0.25, -0.2) is 4.39 Å². The van der Waals surface area contributed by atoms with Gasteiger partial charge in [0.05, 0.1) is 0 Å². The van der Waals surface area contributed by atoms with Gasteiger partial charge in [0.2, 0.25) is 0 Å². The van der Waals surface area contributed by atoms with E-state index < -0.39 is 0 Å². The molecule has 0 saturated heterocycles. The molecule has 1 aliphatic carbocycles. The van der Waals surface area contributed by atoms with Gasteiger partial charge in [-0.1, -0.05) is 31.4 Å². The van der Waals surface area contributed by atoms with Crippen LogP contribution < -0.4 is 0 Å². The molecule has 1 saturated carbocycles. The Bertz CT molecular complexity index is 274. The molecule has 0 bridgehead atoms. The van der Waals surface area contributed by atoms with Crippen molar-refractivity contribution < 1.29 is 4.39 Å². The number of halogens is 1. The Morgan fingerprint density at radius 2 is 1.85 bits per heavy atom. The molecule has 0 aromatic heterocycles. The van der Waals surface area contributed by atoms with E-state index in [1.54, 1.807) is 6.07 Å². The zero-order valence-corrected chi connectivity index (χ0v) is 7.80. The number of benzene rings is 1. The first-order valence-electron chi connectivity index (χ1n) is 5.12. The van der Waals surface area contributed by atoms with Gasteiger partial charge in [0.1, 0.15) is 5.82 Å². The Hall–Kier alpha value is -0.850. The number of hydrogen-bond donors (Lipinski definition) is 0. The molecule has 1 aliphatic rings. The summed E-state index contributed by atoms with van der Waals surface area (Å²) in [4.78, 5) is 0. The molecular weight excluding hydrogens is 163 g/mol. The third-order valence-electron chi connectivity index (χ3n) is 2.93. The molecule has 13 heavy (non-hydrogen) atoms. The second kappa shape index (κ2) is 3.91. The Balaban J connectivity index is 2.14. The van der Waals surface area contributed by atoms with Gasteiger partial charge in [-0.3, -0.25) is 0 Å². The highest BCUT2D eigenvalue weighted by atomic mass is 19.1. The molecule has 0 amide bonds. The predicted molar refractivity (Wildman–Crippen MR) is 52.2 cm³/mol. The van der Waals surface area contributed by atoms with Gasteiger partial charge in [-0.2, -0.15) is 0 Å². The first-order valence-corrected chi connectivity index (χ1v) is 5.12. The quantitative estimate of drug-likeness (QED) is 0.612. The fourth-order valence-electron chi connectivity index (χ4n) is 2.20. The van der Waals surface area contributed by atoms with Crippen LogP contribution in [0.3, 0.4) is 0 Å². The summed E-state index contributed by atoms with van der Waals surface area (Å²) in [5.41, 5.74) is 1.19. The van der Waals surface area contributed by atoms with Crippen molar-refractivity contribution in [3.8, 4) is 0 Å². The van der Waals surface area contributed by atoms with Gasteiger partial charge >= 0.3 is 0 Å². The van der Waals surface area contributed by atoms with E-state index in [0.717, 1.165) is 0 Å². The molecule has 0 radical (unpaired) electrons. The zero-order valence-electron chi connectivity index (χ0n) is 7.80. The fraction of sp³-hybridized carbons (Fsp3) is 0.500. The summed E-state index contributed by atoms with van der Waals surface area (Å²) >= 11 is 0. The molecule has 0 atom stereocenters. The molecule has 70 valence electrons. The van der Waals surface area contributed by atoms with E-state index in [-0.39, 0.29) is 5.82 Å². The molecule has 0 heterocycles. The highest BCUT2D eigenvalue weighted by Crippen LogP contribution is 2.32. The third-order valence-corrected chi connectivity index (χ3v) is 2.93. The standard InChI is InChI=1S/C12H15F/c13-12-8-4-7-11(9-12)10-5-2-1-3-6-10/h4,7-10H,1-3,5-6H2. The van der Waals surface area contributed by atoms with Gasteiger partial charge in [0.25, 0.3) is 0 Å². The van der Waals surface area contributed by atoms with Crippen molar-refractivity contribution in [2.24, 2.45) is 0 Å². The second-order valence-corrected chi connectivity index (χ2v) is 3.89. The van der Waals surface area contributed by atoms with E-state index in [2.05, 4.69) is 6.07 Å². The summed E-state index contributed by atoms with van der Waals surface area (Å²) in [6, 6.07) is 7.08. The summed E-state index contributed by atoms with van der Waals surface area (Å²) in [5, 5.41) is 0. The molecule has 0 N–H and O–H groups in total. The highest BCUT2D eigenvalue weighted by molar-refractivity contribution is 5.20. The van der Waals surface area contributed by atoms with E-state index in [1.807, 2.05) is 6.07 Å². The van der Waals surface area contributed by atoms with Crippen LogP contribution in [-0.4, -0.2) is 0 Å². The Kier molecular flexibility index (Phi) is 2.62. The van der Waals surface area contributed by atoms with Gasteiger partial charge in [0, 0.05) is 0 Å². The average Bonchev–Trinajstić information content (AvgIpc) is 2.19. The normalized spacial score (nSPS) is 18.8. The van der Waals surface area contributed by atoms with Crippen molar-refractivity contribution in [3.63, 3.8) is 0 Å². The molecule has 2 rings (SSSR count). The van der Waals surface area contributed by atoms with Crippen LogP contribution in [-0.2, 0) is 0 Å². The number of rotatable bonds is 1. The lowest BCUT2D eigenvalue weighted by Crippen LogP contribution is -2.04. The molecule has 1 fully saturated rings. The lowest BCUT2D eigenvalue weighted by atomic mass is 9.84. The van der Waals surface area contributed by atoms with E-state index in [1.165, 1.54) is 43.7 Å². The van der Waals surface area contributed by atoms with E-state index >= 15 is 0 Å². The van der Waals surface area contributed by atoms with Gasteiger partial charge in [0.15, 0.2) is 0 Å². The lowest BCUT2D eigenvalue weighted by molar-refractivity contribution is 0.442. The summed E-state index contributed by atoms with van der Waals surface area (Å²) in [6.45, 7) is 0. The smallest absolute Gasteiger partial charge is 0.123 e. The Labute approximate surface area is 78.8 Å². The van der Waals surface area contributed by atoms with Crippen molar-refractivity contribution in [1.29, 1.82) is 0 Å². The highest BCUT2D eigenvalue weighted by Gasteiger charge is 2.15. The molecule has 0 aliphatic heterocycles.